The Kier molecular flexibility index (Phi) is 7.71. The Morgan fingerprint density at radius 1 is 1.00 bits per heavy atom. The zero-order valence-electron chi connectivity index (χ0n) is 17.2. The van der Waals surface area contributed by atoms with Gasteiger partial charge in [0.05, 0.1) is 0 Å². The molecular weight excluding hydrogens is 334 g/mol. The SMILES string of the molecule is CC(C)C(=O)N1CCC(NC[C@@H](c2ccccc2)N2CCCCCC2)CC1. The number of benzene rings is 1. The number of amides is 1. The van der Waals surface area contributed by atoms with Crippen LogP contribution in [0.5, 0.6) is 0 Å². The average molecular weight is 372 g/mol. The molecule has 0 unspecified atom stereocenters. The number of rotatable bonds is 6. The molecule has 0 saturated carbocycles. The second-order valence-corrected chi connectivity index (χ2v) is 8.54. The molecule has 27 heavy (non-hydrogen) atoms. The molecule has 4 heteroatoms. The van der Waals surface area contributed by atoms with E-state index in [4.69, 9.17) is 0 Å². The molecular formula is C23H37N3O. The van der Waals surface area contributed by atoms with Gasteiger partial charge in [0.25, 0.3) is 0 Å². The van der Waals surface area contributed by atoms with Crippen molar-refractivity contribution in [2.45, 2.75) is 64.5 Å². The molecule has 4 nitrogen and oxygen atoms in total. The second-order valence-electron chi connectivity index (χ2n) is 8.54. The average Bonchev–Trinajstić information content (AvgIpc) is 2.98. The summed E-state index contributed by atoms with van der Waals surface area (Å²) in [7, 11) is 0. The lowest BCUT2D eigenvalue weighted by atomic mass is 10.0. The first kappa shape index (κ1) is 20.3. The first-order chi connectivity index (χ1) is 13.1. The third kappa shape index (κ3) is 5.79. The van der Waals surface area contributed by atoms with E-state index in [2.05, 4.69) is 40.5 Å². The van der Waals surface area contributed by atoms with E-state index in [1.54, 1.807) is 0 Å². The summed E-state index contributed by atoms with van der Waals surface area (Å²) in [5.74, 6) is 0.417. The van der Waals surface area contributed by atoms with Crippen molar-refractivity contribution < 1.29 is 4.79 Å². The van der Waals surface area contributed by atoms with Gasteiger partial charge in [-0.3, -0.25) is 9.69 Å². The lowest BCUT2D eigenvalue weighted by molar-refractivity contribution is -0.135. The number of piperidine rings is 1. The Labute approximate surface area is 165 Å². The Balaban J connectivity index is 1.56. The monoisotopic (exact) mass is 371 g/mol. The first-order valence-corrected chi connectivity index (χ1v) is 11.0. The molecule has 1 atom stereocenters. The number of hydrogen-bond acceptors (Lipinski definition) is 3. The van der Waals surface area contributed by atoms with Gasteiger partial charge in [-0.2, -0.15) is 0 Å². The lowest BCUT2D eigenvalue weighted by Crippen LogP contribution is -2.48. The summed E-state index contributed by atoms with van der Waals surface area (Å²) in [5, 5.41) is 3.85. The van der Waals surface area contributed by atoms with Crippen molar-refractivity contribution in [3.05, 3.63) is 35.9 Å². The number of nitrogens with one attached hydrogen (secondary N) is 1. The Bertz CT molecular complexity index is 558. The Morgan fingerprint density at radius 3 is 2.22 bits per heavy atom. The zero-order chi connectivity index (χ0) is 19.1. The molecule has 3 rings (SSSR count). The number of carbonyl (C=O) groups is 1. The summed E-state index contributed by atoms with van der Waals surface area (Å²) < 4.78 is 0. The molecule has 1 aromatic rings. The van der Waals surface area contributed by atoms with E-state index in [9.17, 15) is 4.79 Å². The molecule has 150 valence electrons. The summed E-state index contributed by atoms with van der Waals surface area (Å²) in [5.41, 5.74) is 1.43. The number of nitrogens with zero attached hydrogens (tertiary/aromatic N) is 2. The third-order valence-corrected chi connectivity index (χ3v) is 6.17. The summed E-state index contributed by atoms with van der Waals surface area (Å²) in [6.45, 7) is 9.22. The third-order valence-electron chi connectivity index (χ3n) is 6.17. The Hall–Kier alpha value is -1.39. The quantitative estimate of drug-likeness (QED) is 0.825. The molecule has 1 amide bonds. The minimum Gasteiger partial charge on any atom is -0.342 e. The molecule has 0 spiro atoms. The molecule has 0 aliphatic carbocycles. The van der Waals surface area contributed by atoms with Crippen molar-refractivity contribution in [3.63, 3.8) is 0 Å². The fourth-order valence-electron chi connectivity index (χ4n) is 4.49. The topological polar surface area (TPSA) is 35.6 Å². The zero-order valence-corrected chi connectivity index (χ0v) is 17.2. The van der Waals surface area contributed by atoms with Crippen molar-refractivity contribution in [1.82, 2.24) is 15.1 Å². The predicted octanol–water partition coefficient (Wildman–Crippen LogP) is 3.84. The van der Waals surface area contributed by atoms with Crippen LogP contribution in [0.15, 0.2) is 30.3 Å². The van der Waals surface area contributed by atoms with Crippen LogP contribution in [-0.4, -0.2) is 54.5 Å². The van der Waals surface area contributed by atoms with Crippen LogP contribution in [0.4, 0.5) is 0 Å². The van der Waals surface area contributed by atoms with E-state index in [-0.39, 0.29) is 5.92 Å². The van der Waals surface area contributed by atoms with Crippen molar-refractivity contribution >= 4 is 5.91 Å². The Morgan fingerprint density at radius 2 is 1.63 bits per heavy atom. The fourth-order valence-corrected chi connectivity index (χ4v) is 4.49. The van der Waals surface area contributed by atoms with Crippen LogP contribution >= 0.6 is 0 Å². The van der Waals surface area contributed by atoms with Crippen molar-refractivity contribution in [2.24, 2.45) is 5.92 Å². The fraction of sp³-hybridized carbons (Fsp3) is 0.696. The van der Waals surface area contributed by atoms with Gasteiger partial charge in [0.2, 0.25) is 5.91 Å². The van der Waals surface area contributed by atoms with Crippen LogP contribution in [0, 0.1) is 5.92 Å². The molecule has 0 bridgehead atoms. The highest BCUT2D eigenvalue weighted by atomic mass is 16.2. The predicted molar refractivity (Wildman–Crippen MR) is 112 cm³/mol. The minimum atomic E-state index is 0.111. The molecule has 1 aromatic carbocycles. The van der Waals surface area contributed by atoms with Crippen molar-refractivity contribution in [3.8, 4) is 0 Å². The van der Waals surface area contributed by atoms with E-state index < -0.39 is 0 Å². The summed E-state index contributed by atoms with van der Waals surface area (Å²) in [6.07, 6.45) is 7.51. The highest BCUT2D eigenvalue weighted by Crippen LogP contribution is 2.24. The smallest absolute Gasteiger partial charge is 0.225 e. The van der Waals surface area contributed by atoms with Crippen LogP contribution in [0.3, 0.4) is 0 Å². The van der Waals surface area contributed by atoms with Crippen LogP contribution in [-0.2, 0) is 4.79 Å². The van der Waals surface area contributed by atoms with Gasteiger partial charge in [0.15, 0.2) is 0 Å². The second kappa shape index (κ2) is 10.2. The molecule has 0 aromatic heterocycles. The van der Waals surface area contributed by atoms with Crippen LogP contribution in [0.1, 0.15) is 64.0 Å². The van der Waals surface area contributed by atoms with Gasteiger partial charge >= 0.3 is 0 Å². The number of carbonyl (C=O) groups excluding carboxylic acids is 1. The number of hydrogen-bond donors (Lipinski definition) is 1. The van der Waals surface area contributed by atoms with Crippen LogP contribution < -0.4 is 5.32 Å². The highest BCUT2D eigenvalue weighted by Gasteiger charge is 2.26. The van der Waals surface area contributed by atoms with Gasteiger partial charge in [0.1, 0.15) is 0 Å². The maximum absolute atomic E-state index is 12.2. The van der Waals surface area contributed by atoms with Gasteiger partial charge in [-0.05, 0) is 44.3 Å². The maximum atomic E-state index is 12.2. The van der Waals surface area contributed by atoms with Gasteiger partial charge < -0.3 is 10.2 Å². The van der Waals surface area contributed by atoms with E-state index in [1.807, 2.05) is 18.7 Å². The summed E-state index contributed by atoms with van der Waals surface area (Å²) in [4.78, 5) is 16.9. The van der Waals surface area contributed by atoms with E-state index in [1.165, 1.54) is 44.3 Å². The van der Waals surface area contributed by atoms with E-state index in [0.29, 0.717) is 18.0 Å². The molecule has 2 aliphatic heterocycles. The lowest BCUT2D eigenvalue weighted by Gasteiger charge is -2.36. The van der Waals surface area contributed by atoms with Crippen LogP contribution in [0.2, 0.25) is 0 Å². The summed E-state index contributed by atoms with van der Waals surface area (Å²) >= 11 is 0. The van der Waals surface area contributed by atoms with Crippen LogP contribution in [0.25, 0.3) is 0 Å². The molecule has 1 N–H and O–H groups in total. The standard InChI is InChI=1S/C23H37N3O/c1-19(2)23(27)26-16-12-21(13-17-26)24-18-22(20-10-6-5-7-11-20)25-14-8-3-4-9-15-25/h5-7,10-11,19,21-22,24H,3-4,8-9,12-18H2,1-2H3/t22-/m0/s1. The first-order valence-electron chi connectivity index (χ1n) is 11.0. The molecule has 2 fully saturated rings. The molecule has 2 saturated heterocycles. The summed E-state index contributed by atoms with van der Waals surface area (Å²) in [6, 6.07) is 12.0. The van der Waals surface area contributed by atoms with Gasteiger partial charge in [-0.25, -0.2) is 0 Å². The highest BCUT2D eigenvalue weighted by molar-refractivity contribution is 5.78. The van der Waals surface area contributed by atoms with E-state index in [0.717, 1.165) is 32.5 Å². The normalized spacial score (nSPS) is 21.2. The minimum absolute atomic E-state index is 0.111. The van der Waals surface area contributed by atoms with Gasteiger partial charge in [0, 0.05) is 37.6 Å². The molecule has 2 heterocycles. The van der Waals surface area contributed by atoms with Crippen molar-refractivity contribution in [1.29, 1.82) is 0 Å². The van der Waals surface area contributed by atoms with E-state index >= 15 is 0 Å². The van der Waals surface area contributed by atoms with Gasteiger partial charge in [-0.15, -0.1) is 0 Å². The maximum Gasteiger partial charge on any atom is 0.225 e. The molecule has 0 radical (unpaired) electrons. The number of likely N-dealkylation sites (tertiary alicyclic amines) is 2. The molecule has 2 aliphatic rings. The van der Waals surface area contributed by atoms with Crippen molar-refractivity contribution in [2.75, 3.05) is 32.7 Å². The largest absolute Gasteiger partial charge is 0.342 e. The van der Waals surface area contributed by atoms with Gasteiger partial charge in [-0.1, -0.05) is 57.0 Å².